The second kappa shape index (κ2) is 5.31. The van der Waals surface area contributed by atoms with Crippen molar-refractivity contribution in [2.24, 2.45) is 5.92 Å². The van der Waals surface area contributed by atoms with Gasteiger partial charge in [-0.1, -0.05) is 15.9 Å². The SMILES string of the molecule is CCOC(=O)[C@H]1C[C@@]2(C(=O)Nc3ccc(Br)cc32)[NH+]2CCC[C@@H]12. The van der Waals surface area contributed by atoms with E-state index in [1.165, 1.54) is 4.90 Å². The minimum absolute atomic E-state index is 0.0271. The molecule has 1 aromatic carbocycles. The highest BCUT2D eigenvalue weighted by Crippen LogP contribution is 2.45. The molecule has 0 bridgehead atoms. The van der Waals surface area contributed by atoms with Gasteiger partial charge in [-0.3, -0.25) is 9.59 Å². The Hall–Kier alpha value is -1.40. The maximum Gasteiger partial charge on any atom is 0.315 e. The Balaban J connectivity index is 1.81. The van der Waals surface area contributed by atoms with Crippen LogP contribution in [0.4, 0.5) is 5.69 Å². The van der Waals surface area contributed by atoms with E-state index in [0.29, 0.717) is 13.0 Å². The lowest BCUT2D eigenvalue weighted by molar-refractivity contribution is -0.947. The number of carbonyl (C=O) groups excluding carboxylic acids is 2. The average molecular weight is 380 g/mol. The highest BCUT2D eigenvalue weighted by molar-refractivity contribution is 9.10. The molecule has 6 heteroatoms. The first kappa shape index (κ1) is 15.1. The number of carbonyl (C=O) groups is 2. The van der Waals surface area contributed by atoms with E-state index >= 15 is 0 Å². The zero-order chi connectivity index (χ0) is 16.2. The monoisotopic (exact) mass is 379 g/mol. The average Bonchev–Trinajstić information content (AvgIpc) is 3.16. The van der Waals surface area contributed by atoms with Crippen LogP contribution in [0.25, 0.3) is 0 Å². The van der Waals surface area contributed by atoms with Crippen LogP contribution in [0.5, 0.6) is 0 Å². The van der Waals surface area contributed by atoms with Crippen molar-refractivity contribution in [3.8, 4) is 0 Å². The quantitative estimate of drug-likeness (QED) is 0.759. The molecule has 2 fully saturated rings. The lowest BCUT2D eigenvalue weighted by atomic mass is 9.84. The molecule has 1 aromatic rings. The summed E-state index contributed by atoms with van der Waals surface area (Å²) in [7, 11) is 0. The van der Waals surface area contributed by atoms with Crippen molar-refractivity contribution < 1.29 is 19.2 Å². The summed E-state index contributed by atoms with van der Waals surface area (Å²) in [5.41, 5.74) is 1.25. The molecule has 3 heterocycles. The molecule has 0 aromatic heterocycles. The number of amides is 1. The molecule has 4 rings (SSSR count). The van der Waals surface area contributed by atoms with Gasteiger partial charge in [0.25, 0.3) is 5.91 Å². The van der Waals surface area contributed by atoms with Gasteiger partial charge in [-0.05, 0) is 25.1 Å². The van der Waals surface area contributed by atoms with E-state index in [-0.39, 0.29) is 23.8 Å². The van der Waals surface area contributed by atoms with Crippen molar-refractivity contribution >= 4 is 33.5 Å². The van der Waals surface area contributed by atoms with Gasteiger partial charge < -0.3 is 15.0 Å². The molecule has 0 saturated carbocycles. The lowest BCUT2D eigenvalue weighted by Crippen LogP contribution is -3.19. The van der Waals surface area contributed by atoms with E-state index in [9.17, 15) is 9.59 Å². The first-order valence-electron chi connectivity index (χ1n) is 8.22. The van der Waals surface area contributed by atoms with Crippen LogP contribution in [0.2, 0.25) is 0 Å². The number of halogens is 1. The first-order chi connectivity index (χ1) is 11.1. The Morgan fingerprint density at radius 3 is 3.13 bits per heavy atom. The smallest absolute Gasteiger partial charge is 0.315 e. The molecule has 0 radical (unpaired) electrons. The molecule has 1 spiro atoms. The van der Waals surface area contributed by atoms with E-state index < -0.39 is 5.54 Å². The number of hydrogen-bond donors (Lipinski definition) is 2. The van der Waals surface area contributed by atoms with Gasteiger partial charge in [0.05, 0.1) is 18.8 Å². The third-order valence-corrected chi connectivity index (χ3v) is 6.13. The molecule has 3 aliphatic heterocycles. The molecule has 2 N–H and O–H groups in total. The molecular weight excluding hydrogens is 360 g/mol. The lowest BCUT2D eigenvalue weighted by Gasteiger charge is -2.29. The van der Waals surface area contributed by atoms with E-state index in [1.807, 2.05) is 25.1 Å². The number of benzene rings is 1. The summed E-state index contributed by atoms with van der Waals surface area (Å²) in [6.45, 7) is 3.15. The number of quaternary nitrogens is 1. The topological polar surface area (TPSA) is 59.8 Å². The highest BCUT2D eigenvalue weighted by Gasteiger charge is 2.67. The first-order valence-corrected chi connectivity index (χ1v) is 9.01. The summed E-state index contributed by atoms with van der Waals surface area (Å²) in [6, 6.07) is 6.09. The van der Waals surface area contributed by atoms with Crippen molar-refractivity contribution in [1.82, 2.24) is 0 Å². The molecule has 1 unspecified atom stereocenters. The van der Waals surface area contributed by atoms with Crippen LogP contribution < -0.4 is 10.2 Å². The largest absolute Gasteiger partial charge is 0.466 e. The summed E-state index contributed by atoms with van der Waals surface area (Å²) in [5.74, 6) is -0.313. The molecular formula is C17H20BrN2O3+. The Morgan fingerprint density at radius 1 is 1.52 bits per heavy atom. The third kappa shape index (κ3) is 2.01. The number of rotatable bonds is 2. The van der Waals surface area contributed by atoms with E-state index in [0.717, 1.165) is 35.1 Å². The summed E-state index contributed by atoms with van der Waals surface area (Å²) in [4.78, 5) is 26.6. The Kier molecular flexibility index (Phi) is 3.50. The molecule has 23 heavy (non-hydrogen) atoms. The van der Waals surface area contributed by atoms with Crippen molar-refractivity contribution in [1.29, 1.82) is 0 Å². The van der Waals surface area contributed by atoms with Gasteiger partial charge in [0.1, 0.15) is 12.0 Å². The highest BCUT2D eigenvalue weighted by atomic mass is 79.9. The minimum atomic E-state index is -0.641. The molecule has 2 saturated heterocycles. The molecule has 122 valence electrons. The minimum Gasteiger partial charge on any atom is -0.466 e. The Morgan fingerprint density at radius 2 is 2.35 bits per heavy atom. The predicted molar refractivity (Wildman–Crippen MR) is 88.0 cm³/mol. The van der Waals surface area contributed by atoms with Gasteiger partial charge >= 0.3 is 5.97 Å². The number of nitrogens with one attached hydrogen (secondary N) is 2. The Labute approximate surface area is 143 Å². The predicted octanol–water partition coefficient (Wildman–Crippen LogP) is 1.23. The fourth-order valence-electron chi connectivity index (χ4n) is 4.80. The van der Waals surface area contributed by atoms with E-state index in [1.54, 1.807) is 0 Å². The van der Waals surface area contributed by atoms with Gasteiger partial charge in [-0.25, -0.2) is 0 Å². The van der Waals surface area contributed by atoms with Crippen LogP contribution in [-0.2, 0) is 19.9 Å². The molecule has 0 aliphatic carbocycles. The van der Waals surface area contributed by atoms with E-state index in [4.69, 9.17) is 4.74 Å². The molecule has 4 atom stereocenters. The Bertz CT molecular complexity index is 692. The summed E-state index contributed by atoms with van der Waals surface area (Å²) in [5, 5.41) is 3.03. The van der Waals surface area contributed by atoms with Crippen molar-refractivity contribution in [3.05, 3.63) is 28.2 Å². The maximum absolute atomic E-state index is 12.9. The molecule has 3 aliphatic rings. The van der Waals surface area contributed by atoms with Crippen LogP contribution >= 0.6 is 15.9 Å². The number of ether oxygens (including phenoxy) is 1. The van der Waals surface area contributed by atoms with Gasteiger partial charge in [0, 0.05) is 29.3 Å². The van der Waals surface area contributed by atoms with Crippen LogP contribution in [0.15, 0.2) is 22.7 Å². The van der Waals surface area contributed by atoms with Crippen LogP contribution in [0, 0.1) is 5.92 Å². The van der Waals surface area contributed by atoms with Crippen molar-refractivity contribution in [2.75, 3.05) is 18.5 Å². The summed E-state index contributed by atoms with van der Waals surface area (Å²) >= 11 is 3.52. The standard InChI is InChI=1S/C17H19BrN2O3/c1-2-23-15(21)11-9-17(20-7-3-4-14(11)20)12-8-10(18)5-6-13(12)19-16(17)22/h5-6,8,11,14H,2-4,7,9H2,1H3,(H,19,22)/p+1/t11-,14-,17+/m0/s1. The third-order valence-electron chi connectivity index (χ3n) is 5.64. The van der Waals surface area contributed by atoms with Gasteiger partial charge in [0.2, 0.25) is 5.54 Å². The van der Waals surface area contributed by atoms with Crippen molar-refractivity contribution in [3.63, 3.8) is 0 Å². The van der Waals surface area contributed by atoms with Crippen LogP contribution in [0.1, 0.15) is 31.7 Å². The normalized spacial score (nSPS) is 34.3. The van der Waals surface area contributed by atoms with Gasteiger partial charge in [-0.15, -0.1) is 0 Å². The van der Waals surface area contributed by atoms with E-state index in [2.05, 4.69) is 21.2 Å². The van der Waals surface area contributed by atoms with Gasteiger partial charge in [0.15, 0.2) is 0 Å². The number of anilines is 1. The zero-order valence-corrected chi connectivity index (χ0v) is 14.6. The molecule has 5 nitrogen and oxygen atoms in total. The summed E-state index contributed by atoms with van der Waals surface area (Å²) in [6.07, 6.45) is 2.58. The molecule has 1 amide bonds. The fraction of sp³-hybridized carbons (Fsp3) is 0.529. The van der Waals surface area contributed by atoms with Crippen LogP contribution in [-0.4, -0.2) is 31.1 Å². The van der Waals surface area contributed by atoms with Gasteiger partial charge in [-0.2, -0.15) is 0 Å². The van der Waals surface area contributed by atoms with Crippen molar-refractivity contribution in [2.45, 2.75) is 37.8 Å². The second-order valence-electron chi connectivity index (χ2n) is 6.64. The summed E-state index contributed by atoms with van der Waals surface area (Å²) < 4.78 is 6.25. The zero-order valence-electron chi connectivity index (χ0n) is 13.0. The second-order valence-corrected chi connectivity index (χ2v) is 7.55. The number of esters is 1. The number of hydrogen-bond acceptors (Lipinski definition) is 3. The maximum atomic E-state index is 12.9. The fourth-order valence-corrected chi connectivity index (χ4v) is 5.16. The number of fused-ring (bicyclic) bond motifs is 4. The van der Waals surface area contributed by atoms with Crippen LogP contribution in [0.3, 0.4) is 0 Å².